The second-order valence-electron chi connectivity index (χ2n) is 3.82. The molecule has 4 nitrogen and oxygen atoms in total. The quantitative estimate of drug-likeness (QED) is 0.703. The van der Waals surface area contributed by atoms with Crippen LogP contribution in [0.2, 0.25) is 0 Å². The van der Waals surface area contributed by atoms with Crippen LogP contribution in [0.3, 0.4) is 0 Å². The van der Waals surface area contributed by atoms with E-state index in [1.807, 2.05) is 19.0 Å². The fourth-order valence-electron chi connectivity index (χ4n) is 1.35. The van der Waals surface area contributed by atoms with E-state index >= 15 is 0 Å². The highest BCUT2D eigenvalue weighted by molar-refractivity contribution is 5.75. The van der Waals surface area contributed by atoms with Crippen LogP contribution in [0.15, 0.2) is 0 Å². The SMILES string of the molecule is CN(C)C1CN(CC(F)(F)C(=O)O)C1. The van der Waals surface area contributed by atoms with Gasteiger partial charge in [-0.3, -0.25) is 4.90 Å². The van der Waals surface area contributed by atoms with Crippen LogP contribution in [-0.4, -0.2) is 66.6 Å². The van der Waals surface area contributed by atoms with Gasteiger partial charge in [0.2, 0.25) is 0 Å². The van der Waals surface area contributed by atoms with Crippen LogP contribution in [-0.2, 0) is 4.79 Å². The fraction of sp³-hybridized carbons (Fsp3) is 0.875. The van der Waals surface area contributed by atoms with E-state index in [1.165, 1.54) is 4.90 Å². The van der Waals surface area contributed by atoms with E-state index in [1.54, 1.807) is 0 Å². The highest BCUT2D eigenvalue weighted by Crippen LogP contribution is 2.20. The van der Waals surface area contributed by atoms with Gasteiger partial charge in [0.05, 0.1) is 6.54 Å². The number of hydrogen-bond donors (Lipinski definition) is 1. The fourth-order valence-corrected chi connectivity index (χ4v) is 1.35. The summed E-state index contributed by atoms with van der Waals surface area (Å²) < 4.78 is 25.4. The Kier molecular flexibility index (Phi) is 3.06. The van der Waals surface area contributed by atoms with E-state index in [9.17, 15) is 13.6 Å². The molecular weight excluding hydrogens is 194 g/mol. The van der Waals surface area contributed by atoms with Crippen molar-refractivity contribution in [1.29, 1.82) is 0 Å². The summed E-state index contributed by atoms with van der Waals surface area (Å²) in [7, 11) is 3.74. The van der Waals surface area contributed by atoms with Crippen LogP contribution in [0.5, 0.6) is 0 Å². The van der Waals surface area contributed by atoms with Gasteiger partial charge in [-0.25, -0.2) is 4.79 Å². The predicted molar refractivity (Wildman–Crippen MR) is 46.5 cm³/mol. The number of carboxylic acids is 1. The molecule has 1 aliphatic heterocycles. The molecule has 1 heterocycles. The average molecular weight is 208 g/mol. The number of aliphatic carboxylic acids is 1. The molecule has 0 amide bonds. The number of rotatable bonds is 4. The normalized spacial score (nSPS) is 19.8. The maximum absolute atomic E-state index is 12.7. The van der Waals surface area contributed by atoms with Crippen LogP contribution >= 0.6 is 0 Å². The van der Waals surface area contributed by atoms with Gasteiger partial charge in [0, 0.05) is 19.1 Å². The summed E-state index contributed by atoms with van der Waals surface area (Å²) in [5.74, 6) is -5.68. The molecule has 0 aromatic rings. The molecule has 0 bridgehead atoms. The number of carboxylic acid groups (broad SMARTS) is 1. The van der Waals surface area contributed by atoms with Gasteiger partial charge in [-0.15, -0.1) is 0 Å². The van der Waals surface area contributed by atoms with Crippen molar-refractivity contribution in [3.05, 3.63) is 0 Å². The molecule has 1 N–H and O–H groups in total. The number of halogens is 2. The molecule has 1 rings (SSSR count). The third kappa shape index (κ3) is 2.39. The maximum Gasteiger partial charge on any atom is 0.375 e. The maximum atomic E-state index is 12.7. The molecule has 1 fully saturated rings. The summed E-state index contributed by atoms with van der Waals surface area (Å²) in [6.07, 6.45) is 0. The number of carbonyl (C=O) groups is 1. The van der Waals surface area contributed by atoms with Crippen molar-refractivity contribution >= 4 is 5.97 Å². The lowest BCUT2D eigenvalue weighted by molar-refractivity contribution is -0.169. The third-order valence-electron chi connectivity index (χ3n) is 2.40. The summed E-state index contributed by atoms with van der Waals surface area (Å²) in [4.78, 5) is 13.5. The predicted octanol–water partition coefficient (Wildman–Crippen LogP) is -0.0479. The molecule has 0 atom stereocenters. The van der Waals surface area contributed by atoms with Crippen LogP contribution in [0.1, 0.15) is 0 Å². The zero-order valence-electron chi connectivity index (χ0n) is 8.20. The standard InChI is InChI=1S/C8H14F2N2O2/c1-11(2)6-3-12(4-6)5-8(9,10)7(13)14/h6H,3-5H2,1-2H3,(H,13,14). The van der Waals surface area contributed by atoms with Crippen LogP contribution in [0.25, 0.3) is 0 Å². The van der Waals surface area contributed by atoms with E-state index in [4.69, 9.17) is 5.11 Å². The minimum Gasteiger partial charge on any atom is -0.477 e. The average Bonchev–Trinajstić information content (AvgIpc) is 1.94. The number of alkyl halides is 2. The van der Waals surface area contributed by atoms with Crippen LogP contribution in [0.4, 0.5) is 8.78 Å². The first-order valence-electron chi connectivity index (χ1n) is 4.33. The summed E-state index contributed by atoms with van der Waals surface area (Å²) in [5.41, 5.74) is 0. The van der Waals surface area contributed by atoms with Gasteiger partial charge in [-0.2, -0.15) is 8.78 Å². The lowest BCUT2D eigenvalue weighted by atomic mass is 10.1. The largest absolute Gasteiger partial charge is 0.477 e. The molecule has 0 saturated carbocycles. The van der Waals surface area contributed by atoms with Crippen molar-refractivity contribution in [2.75, 3.05) is 33.7 Å². The van der Waals surface area contributed by atoms with Crippen LogP contribution in [0, 0.1) is 0 Å². The van der Waals surface area contributed by atoms with Gasteiger partial charge in [-0.1, -0.05) is 0 Å². The zero-order chi connectivity index (χ0) is 10.9. The number of likely N-dealkylation sites (N-methyl/N-ethyl adjacent to an activating group) is 1. The van der Waals surface area contributed by atoms with Crippen molar-refractivity contribution < 1.29 is 18.7 Å². The van der Waals surface area contributed by atoms with Crippen molar-refractivity contribution in [3.8, 4) is 0 Å². The molecule has 1 aliphatic rings. The van der Waals surface area contributed by atoms with E-state index in [0.29, 0.717) is 13.1 Å². The Morgan fingerprint density at radius 3 is 2.43 bits per heavy atom. The topological polar surface area (TPSA) is 43.8 Å². The van der Waals surface area contributed by atoms with E-state index in [0.717, 1.165) is 0 Å². The number of hydrogen-bond acceptors (Lipinski definition) is 3. The monoisotopic (exact) mass is 208 g/mol. The van der Waals surface area contributed by atoms with Gasteiger partial charge >= 0.3 is 11.9 Å². The minimum atomic E-state index is -3.63. The Morgan fingerprint density at radius 2 is 2.07 bits per heavy atom. The molecule has 6 heteroatoms. The first-order valence-corrected chi connectivity index (χ1v) is 4.33. The molecule has 0 aromatic carbocycles. The van der Waals surface area contributed by atoms with E-state index in [-0.39, 0.29) is 6.04 Å². The van der Waals surface area contributed by atoms with E-state index in [2.05, 4.69) is 0 Å². The number of nitrogens with zero attached hydrogens (tertiary/aromatic N) is 2. The molecule has 0 spiro atoms. The van der Waals surface area contributed by atoms with Gasteiger partial charge in [0.25, 0.3) is 0 Å². The first-order chi connectivity index (χ1) is 6.33. The molecule has 1 saturated heterocycles. The molecule has 14 heavy (non-hydrogen) atoms. The lowest BCUT2D eigenvalue weighted by Crippen LogP contribution is -2.60. The first kappa shape index (κ1) is 11.3. The van der Waals surface area contributed by atoms with Gasteiger partial charge < -0.3 is 10.0 Å². The Hall–Kier alpha value is -0.750. The smallest absolute Gasteiger partial charge is 0.375 e. The second-order valence-corrected chi connectivity index (χ2v) is 3.82. The molecule has 0 unspecified atom stereocenters. The molecule has 0 aliphatic carbocycles. The lowest BCUT2D eigenvalue weighted by Gasteiger charge is -2.43. The highest BCUT2D eigenvalue weighted by atomic mass is 19.3. The third-order valence-corrected chi connectivity index (χ3v) is 2.40. The minimum absolute atomic E-state index is 0.264. The Labute approximate surface area is 81.1 Å². The van der Waals surface area contributed by atoms with Gasteiger partial charge in [-0.05, 0) is 14.1 Å². The Morgan fingerprint density at radius 1 is 1.57 bits per heavy atom. The van der Waals surface area contributed by atoms with Crippen molar-refractivity contribution in [2.24, 2.45) is 0 Å². The molecular formula is C8H14F2N2O2. The Bertz CT molecular complexity index is 227. The molecule has 0 aromatic heterocycles. The summed E-state index contributed by atoms with van der Waals surface area (Å²) in [6.45, 7) is 0.332. The van der Waals surface area contributed by atoms with Gasteiger partial charge in [0.1, 0.15) is 0 Å². The summed E-state index contributed by atoms with van der Waals surface area (Å²) in [5, 5.41) is 8.20. The second kappa shape index (κ2) is 3.78. The molecule has 0 radical (unpaired) electrons. The van der Waals surface area contributed by atoms with E-state index < -0.39 is 18.4 Å². The summed E-state index contributed by atoms with van der Waals surface area (Å²) >= 11 is 0. The Balaban J connectivity index is 2.32. The highest BCUT2D eigenvalue weighted by Gasteiger charge is 2.43. The zero-order valence-corrected chi connectivity index (χ0v) is 8.20. The number of likely N-dealkylation sites (tertiary alicyclic amines) is 1. The van der Waals surface area contributed by atoms with Crippen LogP contribution < -0.4 is 0 Å². The summed E-state index contributed by atoms with van der Waals surface area (Å²) in [6, 6.07) is 0.264. The van der Waals surface area contributed by atoms with Crippen molar-refractivity contribution in [1.82, 2.24) is 9.80 Å². The van der Waals surface area contributed by atoms with Gasteiger partial charge in [0.15, 0.2) is 0 Å². The molecule has 82 valence electrons. The van der Waals surface area contributed by atoms with Crippen molar-refractivity contribution in [2.45, 2.75) is 12.0 Å². The van der Waals surface area contributed by atoms with Crippen molar-refractivity contribution in [3.63, 3.8) is 0 Å².